The van der Waals surface area contributed by atoms with Crippen molar-refractivity contribution in [3.05, 3.63) is 99.3 Å². The summed E-state index contributed by atoms with van der Waals surface area (Å²) < 4.78 is 10.9. The average molecular weight is 552 g/mol. The number of nitrogens with zero attached hydrogens (tertiary/aromatic N) is 3. The van der Waals surface area contributed by atoms with Gasteiger partial charge in [0.05, 0.1) is 16.1 Å². The van der Waals surface area contributed by atoms with Gasteiger partial charge in [0.15, 0.2) is 0 Å². The van der Waals surface area contributed by atoms with Crippen molar-refractivity contribution in [3.8, 4) is 28.3 Å². The average Bonchev–Trinajstić information content (AvgIpc) is 2.91. The molecule has 5 aromatic rings. The molecule has 0 aliphatic heterocycles. The second-order valence-electron chi connectivity index (χ2n) is 7.98. The first kappa shape index (κ1) is 25.2. The lowest BCUT2D eigenvalue weighted by Crippen LogP contribution is -2.20. The number of rotatable bonds is 8. The Bertz CT molecular complexity index is 1630. The molecule has 2 heterocycles. The molecule has 7 nitrogen and oxygen atoms in total. The highest BCUT2D eigenvalue weighted by Gasteiger charge is 2.18. The minimum absolute atomic E-state index is 0.0259. The Morgan fingerprint density at radius 1 is 0.892 bits per heavy atom. The van der Waals surface area contributed by atoms with Gasteiger partial charge in [-0.15, -0.1) is 10.2 Å². The third-order valence-electron chi connectivity index (χ3n) is 5.37. The van der Waals surface area contributed by atoms with Gasteiger partial charge >= 0.3 is 5.63 Å². The van der Waals surface area contributed by atoms with Gasteiger partial charge in [-0.1, -0.05) is 71.4 Å². The van der Waals surface area contributed by atoms with Crippen molar-refractivity contribution in [2.45, 2.75) is 11.3 Å². The maximum Gasteiger partial charge on any atom is 0.336 e. The van der Waals surface area contributed by atoms with E-state index in [2.05, 4.69) is 10.2 Å². The minimum Gasteiger partial charge on any atom is -0.491 e. The Kier molecular flexibility index (Phi) is 7.71. The van der Waals surface area contributed by atoms with Crippen LogP contribution in [0, 0.1) is 0 Å². The van der Waals surface area contributed by atoms with Crippen LogP contribution in [0.25, 0.3) is 33.5 Å². The molecular formula is C27H19Cl2N3O4S. The molecule has 0 radical (unpaired) electrons. The Morgan fingerprint density at radius 3 is 2.30 bits per heavy atom. The molecule has 0 spiro atoms. The maximum atomic E-state index is 11.5. The molecule has 0 aliphatic carbocycles. The van der Waals surface area contributed by atoms with E-state index in [1.165, 1.54) is 17.8 Å². The molecular weight excluding hydrogens is 533 g/mol. The van der Waals surface area contributed by atoms with Crippen molar-refractivity contribution in [1.29, 1.82) is 0 Å². The van der Waals surface area contributed by atoms with Crippen molar-refractivity contribution in [1.82, 2.24) is 15.2 Å². The number of aliphatic hydroxyl groups is 1. The predicted octanol–water partition coefficient (Wildman–Crippen LogP) is 6.15. The standard InChI is InChI=1S/C27H19Cl2N3O4S/c28-21-7-3-1-5-19(21)25-26(20-6-2-4-8-22(20)29)31-32-27(30-25)37-15-17(33)14-35-18-11-9-16-10-12-24(34)36-23(16)13-18/h1-13,17,33H,14-15H2. The number of benzene rings is 3. The quantitative estimate of drug-likeness (QED) is 0.181. The fraction of sp³-hybridized carbons (Fsp3) is 0.111. The Hall–Kier alpha value is -3.43. The molecule has 0 fully saturated rings. The van der Waals surface area contributed by atoms with Crippen LogP contribution in [0.2, 0.25) is 10.0 Å². The van der Waals surface area contributed by atoms with E-state index in [-0.39, 0.29) is 12.4 Å². The number of thioether (sulfide) groups is 1. The summed E-state index contributed by atoms with van der Waals surface area (Å²) in [4.78, 5) is 16.2. The van der Waals surface area contributed by atoms with Gasteiger partial charge in [-0.3, -0.25) is 0 Å². The molecule has 2 aromatic heterocycles. The van der Waals surface area contributed by atoms with E-state index in [4.69, 9.17) is 37.3 Å². The molecule has 10 heteroatoms. The molecule has 0 amide bonds. The largest absolute Gasteiger partial charge is 0.491 e. The summed E-state index contributed by atoms with van der Waals surface area (Å²) in [5.41, 5.74) is 2.41. The lowest BCUT2D eigenvalue weighted by molar-refractivity contribution is 0.126. The molecule has 3 aromatic carbocycles. The topological polar surface area (TPSA) is 98.3 Å². The summed E-state index contributed by atoms with van der Waals surface area (Å²) in [6, 6.07) is 22.9. The van der Waals surface area contributed by atoms with E-state index in [0.29, 0.717) is 49.0 Å². The number of hydrogen-bond acceptors (Lipinski definition) is 8. The van der Waals surface area contributed by atoms with Gasteiger partial charge in [0.1, 0.15) is 29.3 Å². The van der Waals surface area contributed by atoms with Crippen LogP contribution in [0.1, 0.15) is 0 Å². The van der Waals surface area contributed by atoms with Crippen LogP contribution in [-0.4, -0.2) is 38.8 Å². The number of halogens is 2. The van der Waals surface area contributed by atoms with Crippen LogP contribution < -0.4 is 10.4 Å². The second-order valence-corrected chi connectivity index (χ2v) is 9.78. The van der Waals surface area contributed by atoms with Crippen LogP contribution in [0.15, 0.2) is 93.2 Å². The molecule has 0 aliphatic rings. The normalized spacial score (nSPS) is 12.0. The van der Waals surface area contributed by atoms with E-state index in [0.717, 1.165) is 5.39 Å². The van der Waals surface area contributed by atoms with Crippen molar-refractivity contribution in [2.75, 3.05) is 12.4 Å². The number of aliphatic hydroxyl groups excluding tert-OH is 1. The van der Waals surface area contributed by atoms with Gasteiger partial charge in [-0.05, 0) is 30.3 Å². The van der Waals surface area contributed by atoms with Gasteiger partial charge in [0.25, 0.3) is 0 Å². The van der Waals surface area contributed by atoms with Crippen molar-refractivity contribution >= 4 is 45.9 Å². The van der Waals surface area contributed by atoms with Gasteiger partial charge in [0.2, 0.25) is 5.16 Å². The lowest BCUT2D eigenvalue weighted by Gasteiger charge is -2.13. The molecule has 186 valence electrons. The minimum atomic E-state index is -0.820. The fourth-order valence-electron chi connectivity index (χ4n) is 3.59. The van der Waals surface area contributed by atoms with Gasteiger partial charge in [-0.2, -0.15) is 0 Å². The van der Waals surface area contributed by atoms with E-state index in [9.17, 15) is 9.90 Å². The molecule has 5 rings (SSSR count). The molecule has 0 bridgehead atoms. The van der Waals surface area contributed by atoms with E-state index < -0.39 is 11.7 Å². The molecule has 0 saturated carbocycles. The first-order chi connectivity index (χ1) is 18.0. The van der Waals surface area contributed by atoms with E-state index in [1.54, 1.807) is 36.4 Å². The van der Waals surface area contributed by atoms with Gasteiger partial charge in [0, 0.05) is 34.4 Å². The highest BCUT2D eigenvalue weighted by atomic mass is 35.5. The monoisotopic (exact) mass is 551 g/mol. The summed E-state index contributed by atoms with van der Waals surface area (Å²) in [7, 11) is 0. The molecule has 37 heavy (non-hydrogen) atoms. The van der Waals surface area contributed by atoms with Crippen LogP contribution in [0.3, 0.4) is 0 Å². The van der Waals surface area contributed by atoms with Gasteiger partial charge in [-0.25, -0.2) is 9.78 Å². The highest BCUT2D eigenvalue weighted by molar-refractivity contribution is 7.99. The Labute approximate surface area is 226 Å². The fourth-order valence-corrected chi connectivity index (χ4v) is 4.73. The van der Waals surface area contributed by atoms with Crippen molar-refractivity contribution < 1.29 is 14.3 Å². The van der Waals surface area contributed by atoms with Crippen molar-refractivity contribution in [2.24, 2.45) is 0 Å². The summed E-state index contributed by atoms with van der Waals surface area (Å²) >= 11 is 14.1. The zero-order valence-corrected chi connectivity index (χ0v) is 21.5. The second kappa shape index (κ2) is 11.3. The summed E-state index contributed by atoms with van der Waals surface area (Å²) in [5.74, 6) is 0.742. The Morgan fingerprint density at radius 2 is 1.57 bits per heavy atom. The zero-order valence-electron chi connectivity index (χ0n) is 19.2. The molecule has 1 unspecified atom stereocenters. The van der Waals surface area contributed by atoms with Crippen LogP contribution in [-0.2, 0) is 0 Å². The number of fused-ring (bicyclic) bond motifs is 1. The predicted molar refractivity (Wildman–Crippen MR) is 145 cm³/mol. The van der Waals surface area contributed by atoms with E-state index >= 15 is 0 Å². The van der Waals surface area contributed by atoms with Crippen molar-refractivity contribution in [3.63, 3.8) is 0 Å². The zero-order chi connectivity index (χ0) is 25.8. The van der Waals surface area contributed by atoms with Crippen LogP contribution in [0.5, 0.6) is 5.75 Å². The summed E-state index contributed by atoms with van der Waals surface area (Å²) in [5, 5.41) is 21.3. The summed E-state index contributed by atoms with van der Waals surface area (Å²) in [6.07, 6.45) is -0.820. The van der Waals surface area contributed by atoms with Crippen LogP contribution in [0.4, 0.5) is 0 Å². The number of aromatic nitrogens is 3. The van der Waals surface area contributed by atoms with Crippen LogP contribution >= 0.6 is 35.0 Å². The molecule has 1 N–H and O–H groups in total. The Balaban J connectivity index is 1.32. The van der Waals surface area contributed by atoms with E-state index in [1.807, 2.05) is 36.4 Å². The first-order valence-corrected chi connectivity index (χ1v) is 12.9. The first-order valence-electron chi connectivity index (χ1n) is 11.2. The SMILES string of the molecule is O=c1ccc2ccc(OCC(O)CSc3nnc(-c4ccccc4Cl)c(-c4ccccc4Cl)n3)cc2o1. The lowest BCUT2D eigenvalue weighted by atomic mass is 10.0. The number of ether oxygens (including phenoxy) is 1. The third kappa shape index (κ3) is 5.94. The summed E-state index contributed by atoms with van der Waals surface area (Å²) in [6.45, 7) is 0.0259. The highest BCUT2D eigenvalue weighted by Crippen LogP contribution is 2.36. The smallest absolute Gasteiger partial charge is 0.336 e. The van der Waals surface area contributed by atoms with Gasteiger partial charge < -0.3 is 14.3 Å². The number of hydrogen-bond donors (Lipinski definition) is 1. The third-order valence-corrected chi connectivity index (χ3v) is 7.01. The molecule has 0 saturated heterocycles. The molecule has 1 atom stereocenters. The maximum absolute atomic E-state index is 11.5.